The van der Waals surface area contributed by atoms with Crippen molar-refractivity contribution in [1.82, 2.24) is 14.3 Å². The quantitative estimate of drug-likeness (QED) is 0.192. The van der Waals surface area contributed by atoms with E-state index in [0.717, 1.165) is 28.1 Å². The molecule has 6 rings (SSSR count). The van der Waals surface area contributed by atoms with Crippen LogP contribution in [0.15, 0.2) is 125 Å². The normalized spacial score (nSPS) is 14.7. The van der Waals surface area contributed by atoms with E-state index in [1.807, 2.05) is 89.8 Å². The van der Waals surface area contributed by atoms with E-state index in [4.69, 9.17) is 19.6 Å². The molecule has 0 bridgehead atoms. The van der Waals surface area contributed by atoms with E-state index in [0.29, 0.717) is 26.4 Å². The molecule has 0 unspecified atom stereocenters. The summed E-state index contributed by atoms with van der Waals surface area (Å²) in [6.45, 7) is 5.45. The number of carbonyl (C=O) groups excluding carboxylic acids is 1. The maximum Gasteiger partial charge on any atom is 0.338 e. The van der Waals surface area contributed by atoms with Crippen molar-refractivity contribution in [3.8, 4) is 22.7 Å². The summed E-state index contributed by atoms with van der Waals surface area (Å²) in [6, 6.07) is 26.2. The number of hydrogen-bond donors (Lipinski definition) is 0. The number of benzene rings is 3. The van der Waals surface area contributed by atoms with Crippen molar-refractivity contribution < 1.29 is 14.3 Å². The van der Waals surface area contributed by atoms with Gasteiger partial charge in [-0.1, -0.05) is 84.7 Å². The topological polar surface area (TPSA) is 87.7 Å². The summed E-state index contributed by atoms with van der Waals surface area (Å²) >= 11 is 1.27. The molecule has 0 saturated heterocycles. The molecule has 43 heavy (non-hydrogen) atoms. The molecule has 9 heteroatoms. The minimum atomic E-state index is -0.734. The number of thiazole rings is 1. The molecule has 3 heterocycles. The van der Waals surface area contributed by atoms with Gasteiger partial charge in [-0.05, 0) is 42.8 Å². The molecule has 3 aromatic carbocycles. The van der Waals surface area contributed by atoms with Gasteiger partial charge < -0.3 is 9.47 Å². The van der Waals surface area contributed by atoms with Crippen LogP contribution in [0, 0.1) is 0 Å². The first-order valence-electron chi connectivity index (χ1n) is 13.6. The van der Waals surface area contributed by atoms with Gasteiger partial charge in [-0.25, -0.2) is 14.5 Å². The van der Waals surface area contributed by atoms with Crippen LogP contribution in [0.5, 0.6) is 5.75 Å². The Kier molecular flexibility index (Phi) is 7.72. The van der Waals surface area contributed by atoms with Crippen molar-refractivity contribution in [2.24, 2.45) is 4.99 Å². The van der Waals surface area contributed by atoms with Crippen LogP contribution < -0.4 is 19.6 Å². The van der Waals surface area contributed by atoms with Gasteiger partial charge in [0.15, 0.2) is 4.80 Å². The van der Waals surface area contributed by atoms with E-state index in [1.165, 1.54) is 17.4 Å². The molecule has 1 atom stereocenters. The third-order valence-corrected chi connectivity index (χ3v) is 8.09. The lowest BCUT2D eigenvalue weighted by molar-refractivity contribution is -0.138. The number of ether oxygens (including phenoxy) is 2. The number of methoxy groups -OCH3 is 1. The lowest BCUT2D eigenvalue weighted by Gasteiger charge is -2.24. The van der Waals surface area contributed by atoms with E-state index < -0.39 is 12.0 Å². The third kappa shape index (κ3) is 5.38. The second-order valence-corrected chi connectivity index (χ2v) is 10.8. The largest absolute Gasteiger partial charge is 0.497 e. The van der Waals surface area contributed by atoms with Crippen LogP contribution >= 0.6 is 11.3 Å². The third-order valence-electron chi connectivity index (χ3n) is 7.10. The van der Waals surface area contributed by atoms with E-state index in [2.05, 4.69) is 6.58 Å². The Morgan fingerprint density at radius 3 is 2.40 bits per heavy atom. The molecule has 0 N–H and O–H groups in total. The van der Waals surface area contributed by atoms with Gasteiger partial charge >= 0.3 is 5.97 Å². The van der Waals surface area contributed by atoms with Gasteiger partial charge in [0, 0.05) is 17.3 Å². The standard InChI is InChI=1S/C34H28N4O4S/c1-4-19-42-33(40)29-22(2)35-34-38(31(29)24-15-17-27(41-3)18-16-24)32(39)28(43-34)20-25-21-37(26-13-9-6-10-14-26)36-30(25)23-11-7-5-8-12-23/h4-18,20-21,31H,1,19H2,2-3H3/b28-20+/t31-/m0/s1. The molecule has 0 fully saturated rings. The summed E-state index contributed by atoms with van der Waals surface area (Å²) in [5.41, 5.74) is 4.61. The number of aromatic nitrogens is 3. The molecular weight excluding hydrogens is 560 g/mol. The van der Waals surface area contributed by atoms with Crippen molar-refractivity contribution in [2.45, 2.75) is 13.0 Å². The molecule has 0 amide bonds. The average molecular weight is 589 g/mol. The second-order valence-electron chi connectivity index (χ2n) is 9.82. The Morgan fingerprint density at radius 2 is 1.72 bits per heavy atom. The number of para-hydroxylation sites is 1. The first-order chi connectivity index (χ1) is 21.0. The van der Waals surface area contributed by atoms with Crippen LogP contribution in [-0.2, 0) is 9.53 Å². The zero-order chi connectivity index (χ0) is 29.9. The summed E-state index contributed by atoms with van der Waals surface area (Å²) in [5.74, 6) is 0.114. The van der Waals surface area contributed by atoms with Crippen molar-refractivity contribution >= 4 is 23.4 Å². The number of fused-ring (bicyclic) bond motifs is 1. The van der Waals surface area contributed by atoms with E-state index >= 15 is 0 Å². The Balaban J connectivity index is 1.54. The number of hydrogen-bond acceptors (Lipinski definition) is 7. The Labute approximate surface area is 251 Å². The first kappa shape index (κ1) is 27.9. The zero-order valence-electron chi connectivity index (χ0n) is 23.6. The summed E-state index contributed by atoms with van der Waals surface area (Å²) in [6.07, 6.45) is 5.27. The van der Waals surface area contributed by atoms with Crippen molar-refractivity contribution in [1.29, 1.82) is 0 Å². The SMILES string of the molecule is C=CCOC(=O)C1=C(C)N=c2s/c(=C/c3cn(-c4ccccc4)nc3-c3ccccc3)c(=O)n2[C@H]1c1ccc(OC)cc1. The predicted octanol–water partition coefficient (Wildman–Crippen LogP) is 4.83. The maximum atomic E-state index is 14.2. The fourth-order valence-electron chi connectivity index (χ4n) is 5.06. The van der Waals surface area contributed by atoms with Crippen LogP contribution in [0.2, 0.25) is 0 Å². The lowest BCUT2D eigenvalue weighted by Crippen LogP contribution is -2.39. The van der Waals surface area contributed by atoms with E-state index in [1.54, 1.807) is 30.7 Å². The molecule has 0 radical (unpaired) electrons. The van der Waals surface area contributed by atoms with Crippen molar-refractivity contribution in [3.63, 3.8) is 0 Å². The fraction of sp³-hybridized carbons (Fsp3) is 0.118. The van der Waals surface area contributed by atoms with Crippen LogP contribution in [0.3, 0.4) is 0 Å². The van der Waals surface area contributed by atoms with Crippen molar-refractivity contribution in [3.05, 3.63) is 146 Å². The predicted molar refractivity (Wildman–Crippen MR) is 167 cm³/mol. The van der Waals surface area contributed by atoms with Gasteiger partial charge in [0.2, 0.25) is 0 Å². The number of carbonyl (C=O) groups is 1. The van der Waals surface area contributed by atoms with Crippen LogP contribution in [0.4, 0.5) is 0 Å². The molecule has 0 aliphatic carbocycles. The van der Waals surface area contributed by atoms with Crippen molar-refractivity contribution in [2.75, 3.05) is 13.7 Å². The Morgan fingerprint density at radius 1 is 1.02 bits per heavy atom. The smallest absolute Gasteiger partial charge is 0.338 e. The van der Waals surface area contributed by atoms with Crippen LogP contribution in [-0.4, -0.2) is 34.0 Å². The van der Waals surface area contributed by atoms with Gasteiger partial charge in [-0.15, -0.1) is 0 Å². The highest BCUT2D eigenvalue weighted by molar-refractivity contribution is 7.07. The highest BCUT2D eigenvalue weighted by Crippen LogP contribution is 2.32. The van der Waals surface area contributed by atoms with Gasteiger partial charge in [0.1, 0.15) is 12.4 Å². The van der Waals surface area contributed by atoms with Gasteiger partial charge in [0.25, 0.3) is 5.56 Å². The molecule has 214 valence electrons. The summed E-state index contributed by atoms with van der Waals surface area (Å²) in [5, 5.41) is 4.88. The summed E-state index contributed by atoms with van der Waals surface area (Å²) < 4.78 is 14.6. The maximum absolute atomic E-state index is 14.2. The molecular formula is C34H28N4O4S. The molecule has 1 aliphatic rings. The van der Waals surface area contributed by atoms with Crippen LogP contribution in [0.25, 0.3) is 23.0 Å². The Bertz CT molecular complexity index is 2020. The van der Waals surface area contributed by atoms with Gasteiger partial charge in [0.05, 0.1) is 40.3 Å². The van der Waals surface area contributed by atoms with E-state index in [9.17, 15) is 9.59 Å². The minimum absolute atomic E-state index is 0.0447. The Hall–Kier alpha value is -5.28. The van der Waals surface area contributed by atoms with Gasteiger partial charge in [-0.2, -0.15) is 5.10 Å². The fourth-order valence-corrected chi connectivity index (χ4v) is 6.10. The summed E-state index contributed by atoms with van der Waals surface area (Å²) in [7, 11) is 1.59. The molecule has 2 aromatic heterocycles. The summed E-state index contributed by atoms with van der Waals surface area (Å²) in [4.78, 5) is 32.6. The first-order valence-corrected chi connectivity index (χ1v) is 14.4. The second kappa shape index (κ2) is 11.9. The average Bonchev–Trinajstić information content (AvgIpc) is 3.60. The highest BCUT2D eigenvalue weighted by Gasteiger charge is 2.33. The number of nitrogens with zero attached hydrogens (tertiary/aromatic N) is 4. The van der Waals surface area contributed by atoms with Crippen LogP contribution in [0.1, 0.15) is 24.1 Å². The molecule has 0 spiro atoms. The monoisotopic (exact) mass is 588 g/mol. The van der Waals surface area contributed by atoms with E-state index in [-0.39, 0.29) is 12.2 Å². The molecule has 8 nitrogen and oxygen atoms in total. The number of rotatable bonds is 8. The molecule has 5 aromatic rings. The zero-order valence-corrected chi connectivity index (χ0v) is 24.5. The number of allylic oxidation sites excluding steroid dienone is 1. The molecule has 1 aliphatic heterocycles. The number of esters is 1. The van der Waals surface area contributed by atoms with Gasteiger partial charge in [-0.3, -0.25) is 9.36 Å². The minimum Gasteiger partial charge on any atom is -0.497 e. The highest BCUT2D eigenvalue weighted by atomic mass is 32.1. The molecule has 0 saturated carbocycles. The lowest BCUT2D eigenvalue weighted by atomic mass is 9.96.